The van der Waals surface area contributed by atoms with Crippen LogP contribution in [0.1, 0.15) is 23.4 Å². The summed E-state index contributed by atoms with van der Waals surface area (Å²) in [4.78, 5) is 18.1. The molecule has 0 aliphatic rings. The van der Waals surface area contributed by atoms with E-state index in [9.17, 15) is 9.18 Å². The van der Waals surface area contributed by atoms with Gasteiger partial charge in [-0.1, -0.05) is 19.1 Å². The smallest absolute Gasteiger partial charge is 0.293 e. The molecule has 7 heteroatoms. The van der Waals surface area contributed by atoms with Gasteiger partial charge in [0.05, 0.1) is 0 Å². The Morgan fingerprint density at radius 3 is 2.77 bits per heavy atom. The average molecular weight is 305 g/mol. The number of nitrogens with one attached hydrogen (secondary N) is 1. The number of amides is 1. The van der Waals surface area contributed by atoms with Crippen molar-refractivity contribution < 1.29 is 9.18 Å². The van der Waals surface area contributed by atoms with Crippen LogP contribution in [0.25, 0.3) is 5.69 Å². The number of hydrogen-bond acceptors (Lipinski definition) is 4. The number of carbonyl (C=O) groups is 1. The third-order valence-corrected chi connectivity index (χ3v) is 3.31. The number of carbonyl (C=O) groups excluding carboxylic acids is 1. The monoisotopic (exact) mass is 305 g/mol. The standard InChI is InChI=1S/C15H20FN5O/c1-4-13-18-14(15(22)20(3)10-9-17-2)19-21(13)12-8-6-5-7-11(12)16/h5-8,17H,4,9-10H2,1-3H3. The predicted octanol–water partition coefficient (Wildman–Crippen LogP) is 1.26. The van der Waals surface area contributed by atoms with Gasteiger partial charge in [0, 0.05) is 26.6 Å². The Bertz CT molecular complexity index is 655. The molecule has 1 aromatic heterocycles. The lowest BCUT2D eigenvalue weighted by atomic mass is 10.3. The molecule has 0 aliphatic carbocycles. The minimum Gasteiger partial charge on any atom is -0.338 e. The maximum absolute atomic E-state index is 13.9. The van der Waals surface area contributed by atoms with E-state index in [-0.39, 0.29) is 11.7 Å². The van der Waals surface area contributed by atoms with E-state index in [4.69, 9.17) is 0 Å². The Hall–Kier alpha value is -2.28. The van der Waals surface area contributed by atoms with Crippen molar-refractivity contribution in [1.82, 2.24) is 25.0 Å². The van der Waals surface area contributed by atoms with Crippen molar-refractivity contribution in [3.63, 3.8) is 0 Å². The first-order chi connectivity index (χ1) is 10.6. The molecule has 2 rings (SSSR count). The lowest BCUT2D eigenvalue weighted by Crippen LogP contribution is -2.33. The largest absolute Gasteiger partial charge is 0.338 e. The lowest BCUT2D eigenvalue weighted by molar-refractivity contribution is 0.0785. The van der Waals surface area contributed by atoms with Crippen LogP contribution in [0.5, 0.6) is 0 Å². The number of nitrogens with zero attached hydrogens (tertiary/aromatic N) is 4. The summed E-state index contributed by atoms with van der Waals surface area (Å²) in [6.07, 6.45) is 0.550. The fourth-order valence-corrected chi connectivity index (χ4v) is 2.03. The van der Waals surface area contributed by atoms with Gasteiger partial charge in [0.25, 0.3) is 5.91 Å². The van der Waals surface area contributed by atoms with Gasteiger partial charge in [-0.25, -0.2) is 14.1 Å². The van der Waals surface area contributed by atoms with Crippen molar-refractivity contribution in [1.29, 1.82) is 0 Å². The molecule has 0 unspecified atom stereocenters. The Labute approximate surface area is 129 Å². The first kappa shape index (κ1) is 16.1. The number of halogens is 1. The van der Waals surface area contributed by atoms with Crippen molar-refractivity contribution in [3.8, 4) is 5.69 Å². The quantitative estimate of drug-likeness (QED) is 0.873. The molecule has 0 spiro atoms. The molecule has 2 aromatic rings. The second kappa shape index (κ2) is 7.13. The zero-order valence-electron chi connectivity index (χ0n) is 13.0. The van der Waals surface area contributed by atoms with Crippen LogP contribution in [0.15, 0.2) is 24.3 Å². The molecule has 0 atom stereocenters. The van der Waals surface area contributed by atoms with Gasteiger partial charge < -0.3 is 10.2 Å². The second-order valence-electron chi connectivity index (χ2n) is 4.90. The van der Waals surface area contributed by atoms with Crippen molar-refractivity contribution in [2.45, 2.75) is 13.3 Å². The van der Waals surface area contributed by atoms with E-state index in [0.717, 1.165) is 0 Å². The average Bonchev–Trinajstić information content (AvgIpc) is 2.96. The molecule has 0 radical (unpaired) electrons. The van der Waals surface area contributed by atoms with Gasteiger partial charge in [-0.15, -0.1) is 5.10 Å². The molecule has 0 saturated heterocycles. The summed E-state index contributed by atoms with van der Waals surface area (Å²) in [5, 5.41) is 7.17. The predicted molar refractivity (Wildman–Crippen MR) is 81.6 cm³/mol. The van der Waals surface area contributed by atoms with Crippen LogP contribution in [0, 0.1) is 5.82 Å². The highest BCUT2D eigenvalue weighted by molar-refractivity contribution is 5.90. The SMILES string of the molecule is CCc1nc(C(=O)N(C)CCNC)nn1-c1ccccc1F. The van der Waals surface area contributed by atoms with Gasteiger partial charge in [-0.2, -0.15) is 0 Å². The van der Waals surface area contributed by atoms with Gasteiger partial charge in [0.15, 0.2) is 0 Å². The van der Waals surface area contributed by atoms with Gasteiger partial charge in [-0.05, 0) is 19.2 Å². The Morgan fingerprint density at radius 1 is 1.41 bits per heavy atom. The lowest BCUT2D eigenvalue weighted by Gasteiger charge is -2.14. The summed E-state index contributed by atoms with van der Waals surface area (Å²) in [6, 6.07) is 6.30. The van der Waals surface area contributed by atoms with Crippen LogP contribution < -0.4 is 5.32 Å². The number of benzene rings is 1. The summed E-state index contributed by atoms with van der Waals surface area (Å²) in [5.74, 6) is -0.0427. The number of para-hydroxylation sites is 1. The van der Waals surface area contributed by atoms with Crippen molar-refractivity contribution in [2.75, 3.05) is 27.2 Å². The van der Waals surface area contributed by atoms with Gasteiger partial charge in [-0.3, -0.25) is 4.79 Å². The third-order valence-electron chi connectivity index (χ3n) is 3.31. The highest BCUT2D eigenvalue weighted by atomic mass is 19.1. The number of hydrogen-bond donors (Lipinski definition) is 1. The molecule has 0 saturated carbocycles. The molecule has 1 aromatic carbocycles. The van der Waals surface area contributed by atoms with Gasteiger partial charge in [0.2, 0.25) is 5.82 Å². The van der Waals surface area contributed by atoms with Gasteiger partial charge >= 0.3 is 0 Å². The van der Waals surface area contributed by atoms with Crippen LogP contribution in [0.2, 0.25) is 0 Å². The summed E-state index contributed by atoms with van der Waals surface area (Å²) in [6.45, 7) is 3.11. The molecule has 1 amide bonds. The Balaban J connectivity index is 2.33. The third kappa shape index (κ3) is 3.30. The fourth-order valence-electron chi connectivity index (χ4n) is 2.03. The Morgan fingerprint density at radius 2 is 2.14 bits per heavy atom. The molecule has 1 N–H and O–H groups in total. The van der Waals surface area contributed by atoms with Crippen molar-refractivity contribution >= 4 is 5.91 Å². The van der Waals surface area contributed by atoms with Crippen LogP contribution in [0.4, 0.5) is 4.39 Å². The molecule has 0 fully saturated rings. The van der Waals surface area contributed by atoms with E-state index in [0.29, 0.717) is 31.0 Å². The first-order valence-corrected chi connectivity index (χ1v) is 7.19. The number of rotatable bonds is 6. The van der Waals surface area contributed by atoms with Crippen LogP contribution >= 0.6 is 0 Å². The maximum atomic E-state index is 13.9. The Kier molecular flexibility index (Phi) is 5.21. The molecular weight excluding hydrogens is 285 g/mol. The number of likely N-dealkylation sites (N-methyl/N-ethyl adjacent to an activating group) is 2. The molecule has 6 nitrogen and oxygen atoms in total. The molecule has 118 valence electrons. The van der Waals surface area contributed by atoms with E-state index in [1.54, 1.807) is 25.2 Å². The van der Waals surface area contributed by atoms with E-state index in [1.807, 2.05) is 14.0 Å². The van der Waals surface area contributed by atoms with E-state index in [2.05, 4.69) is 15.4 Å². The van der Waals surface area contributed by atoms with E-state index >= 15 is 0 Å². The summed E-state index contributed by atoms with van der Waals surface area (Å²) >= 11 is 0. The topological polar surface area (TPSA) is 63.1 Å². The number of aromatic nitrogens is 3. The summed E-state index contributed by atoms with van der Waals surface area (Å²) in [7, 11) is 3.51. The summed E-state index contributed by atoms with van der Waals surface area (Å²) < 4.78 is 15.3. The summed E-state index contributed by atoms with van der Waals surface area (Å²) in [5.41, 5.74) is 0.295. The van der Waals surface area contributed by atoms with Crippen LogP contribution in [-0.2, 0) is 6.42 Å². The maximum Gasteiger partial charge on any atom is 0.293 e. The highest BCUT2D eigenvalue weighted by Gasteiger charge is 2.20. The van der Waals surface area contributed by atoms with E-state index < -0.39 is 5.82 Å². The first-order valence-electron chi connectivity index (χ1n) is 7.19. The van der Waals surface area contributed by atoms with Crippen molar-refractivity contribution in [2.24, 2.45) is 0 Å². The van der Waals surface area contributed by atoms with Crippen molar-refractivity contribution in [3.05, 3.63) is 41.7 Å². The number of aryl methyl sites for hydroxylation is 1. The molecule has 1 heterocycles. The zero-order chi connectivity index (χ0) is 16.1. The second-order valence-corrected chi connectivity index (χ2v) is 4.90. The molecule has 22 heavy (non-hydrogen) atoms. The fraction of sp³-hybridized carbons (Fsp3) is 0.400. The minimum atomic E-state index is -0.398. The van der Waals surface area contributed by atoms with Crippen LogP contribution in [-0.4, -0.2) is 52.8 Å². The van der Waals surface area contributed by atoms with E-state index in [1.165, 1.54) is 15.6 Å². The molecular formula is C15H20FN5O. The zero-order valence-corrected chi connectivity index (χ0v) is 13.0. The molecule has 0 aliphatic heterocycles. The highest BCUT2D eigenvalue weighted by Crippen LogP contribution is 2.15. The van der Waals surface area contributed by atoms with Crippen LogP contribution in [0.3, 0.4) is 0 Å². The van der Waals surface area contributed by atoms with Gasteiger partial charge in [0.1, 0.15) is 17.3 Å². The molecule has 0 bridgehead atoms. The normalized spacial score (nSPS) is 10.7. The minimum absolute atomic E-state index is 0.0821.